The molecule has 1 heterocycles. The van der Waals surface area contributed by atoms with Crippen LogP contribution in [0.2, 0.25) is 0 Å². The zero-order chi connectivity index (χ0) is 17.4. The van der Waals surface area contributed by atoms with Crippen molar-refractivity contribution in [1.29, 1.82) is 0 Å². The fourth-order valence-corrected chi connectivity index (χ4v) is 2.69. The van der Waals surface area contributed by atoms with Crippen LogP contribution < -0.4 is 14.6 Å². The topological polar surface area (TPSA) is 111 Å². The fourth-order valence-electron chi connectivity index (χ4n) is 2.69. The monoisotopic (exact) mass is 330 g/mol. The standard InChI is InChI=1S/C16H13NO7/c1-22-12-6-4-9-13(15(12)23-2)16(19)24-14(9)10-7-8(17(20)21)3-5-11(10)18/h3-7,14,18H,1-2H3/p-1/t14-/m1/s1. The summed E-state index contributed by atoms with van der Waals surface area (Å²) >= 11 is 0. The Kier molecular flexibility index (Phi) is 3.72. The molecule has 2 aromatic carbocycles. The van der Waals surface area contributed by atoms with Gasteiger partial charge in [-0.25, -0.2) is 4.79 Å². The zero-order valence-corrected chi connectivity index (χ0v) is 12.8. The third-order valence-corrected chi connectivity index (χ3v) is 3.78. The predicted molar refractivity (Wildman–Crippen MR) is 79.3 cm³/mol. The molecule has 1 aliphatic heterocycles. The molecule has 0 saturated carbocycles. The first-order valence-corrected chi connectivity index (χ1v) is 6.89. The van der Waals surface area contributed by atoms with Crippen molar-refractivity contribution in [2.24, 2.45) is 0 Å². The molecule has 0 aromatic heterocycles. The van der Waals surface area contributed by atoms with E-state index in [1.165, 1.54) is 14.2 Å². The van der Waals surface area contributed by atoms with Crippen LogP contribution in [0, 0.1) is 10.1 Å². The van der Waals surface area contributed by atoms with Crippen molar-refractivity contribution in [3.63, 3.8) is 0 Å². The molecule has 0 fully saturated rings. The molecular weight excluding hydrogens is 318 g/mol. The molecule has 124 valence electrons. The van der Waals surface area contributed by atoms with E-state index in [9.17, 15) is 20.0 Å². The zero-order valence-electron chi connectivity index (χ0n) is 12.8. The first-order chi connectivity index (χ1) is 11.5. The van der Waals surface area contributed by atoms with Crippen LogP contribution in [0.1, 0.15) is 27.6 Å². The highest BCUT2D eigenvalue weighted by Gasteiger charge is 2.37. The van der Waals surface area contributed by atoms with E-state index in [1.54, 1.807) is 12.1 Å². The Morgan fingerprint density at radius 1 is 1.12 bits per heavy atom. The number of carbonyl (C=O) groups is 1. The molecule has 24 heavy (non-hydrogen) atoms. The number of nitro benzene ring substituents is 1. The number of nitro groups is 1. The Morgan fingerprint density at radius 2 is 1.88 bits per heavy atom. The average Bonchev–Trinajstić information content (AvgIpc) is 2.91. The normalized spacial score (nSPS) is 15.6. The maximum Gasteiger partial charge on any atom is 0.343 e. The number of methoxy groups -OCH3 is 2. The summed E-state index contributed by atoms with van der Waals surface area (Å²) in [5.74, 6) is -0.603. The van der Waals surface area contributed by atoms with Gasteiger partial charge in [0.05, 0.1) is 19.1 Å². The Bertz CT molecular complexity index is 847. The quantitative estimate of drug-likeness (QED) is 0.478. The van der Waals surface area contributed by atoms with Crippen molar-refractivity contribution in [3.05, 3.63) is 57.1 Å². The molecule has 0 unspecified atom stereocenters. The Morgan fingerprint density at radius 3 is 2.50 bits per heavy atom. The smallest absolute Gasteiger partial charge is 0.343 e. The maximum absolute atomic E-state index is 12.2. The number of nitrogens with zero attached hydrogens (tertiary/aromatic N) is 1. The molecule has 8 nitrogen and oxygen atoms in total. The van der Waals surface area contributed by atoms with Crippen molar-refractivity contribution in [3.8, 4) is 17.2 Å². The minimum Gasteiger partial charge on any atom is -0.872 e. The minimum absolute atomic E-state index is 0.0171. The Labute approximate surface area is 136 Å². The molecule has 3 rings (SSSR count). The molecule has 0 saturated heterocycles. The minimum atomic E-state index is -1.03. The van der Waals surface area contributed by atoms with Crippen LogP contribution in [-0.2, 0) is 4.74 Å². The molecule has 0 spiro atoms. The predicted octanol–water partition coefficient (Wildman–Crippen LogP) is 1.95. The maximum atomic E-state index is 12.2. The highest BCUT2D eigenvalue weighted by atomic mass is 16.6. The number of non-ortho nitro benzene ring substituents is 1. The average molecular weight is 330 g/mol. The molecule has 0 aliphatic carbocycles. The van der Waals surface area contributed by atoms with Gasteiger partial charge in [-0.3, -0.25) is 10.1 Å². The lowest BCUT2D eigenvalue weighted by Gasteiger charge is -2.18. The Balaban J connectivity index is 2.17. The van der Waals surface area contributed by atoms with Crippen molar-refractivity contribution in [2.45, 2.75) is 6.10 Å². The van der Waals surface area contributed by atoms with Crippen LogP contribution in [-0.4, -0.2) is 25.1 Å². The van der Waals surface area contributed by atoms with Gasteiger partial charge in [-0.2, -0.15) is 0 Å². The van der Waals surface area contributed by atoms with Gasteiger partial charge in [0.1, 0.15) is 5.56 Å². The van der Waals surface area contributed by atoms with Crippen LogP contribution in [0.25, 0.3) is 0 Å². The first kappa shape index (κ1) is 15.6. The number of hydrogen-bond acceptors (Lipinski definition) is 7. The summed E-state index contributed by atoms with van der Waals surface area (Å²) in [4.78, 5) is 22.6. The van der Waals surface area contributed by atoms with Gasteiger partial charge in [-0.1, -0.05) is 12.1 Å². The summed E-state index contributed by atoms with van der Waals surface area (Å²) < 4.78 is 15.6. The summed E-state index contributed by atoms with van der Waals surface area (Å²) in [6.45, 7) is 0. The largest absolute Gasteiger partial charge is 0.872 e. The highest BCUT2D eigenvalue weighted by molar-refractivity contribution is 5.98. The summed E-state index contributed by atoms with van der Waals surface area (Å²) in [7, 11) is 2.81. The lowest BCUT2D eigenvalue weighted by atomic mass is 9.97. The first-order valence-electron chi connectivity index (χ1n) is 6.89. The van der Waals surface area contributed by atoms with E-state index >= 15 is 0 Å². The third kappa shape index (κ3) is 2.28. The lowest BCUT2D eigenvalue weighted by molar-refractivity contribution is -0.385. The van der Waals surface area contributed by atoms with Crippen molar-refractivity contribution >= 4 is 11.7 Å². The summed E-state index contributed by atoms with van der Waals surface area (Å²) in [5, 5.41) is 23.0. The van der Waals surface area contributed by atoms with Gasteiger partial charge in [0.25, 0.3) is 5.69 Å². The highest BCUT2D eigenvalue weighted by Crippen LogP contribution is 2.46. The van der Waals surface area contributed by atoms with Gasteiger partial charge in [-0.05, 0) is 11.6 Å². The second-order valence-corrected chi connectivity index (χ2v) is 5.03. The number of esters is 1. The van der Waals surface area contributed by atoms with Crippen LogP contribution in [0.4, 0.5) is 5.69 Å². The second-order valence-electron chi connectivity index (χ2n) is 5.03. The van der Waals surface area contributed by atoms with E-state index in [0.717, 1.165) is 18.2 Å². The van der Waals surface area contributed by atoms with Gasteiger partial charge in [-0.15, -0.1) is 5.75 Å². The van der Waals surface area contributed by atoms with E-state index in [-0.39, 0.29) is 22.6 Å². The summed E-state index contributed by atoms with van der Waals surface area (Å²) in [6.07, 6.45) is -1.03. The van der Waals surface area contributed by atoms with Gasteiger partial charge in [0.15, 0.2) is 17.6 Å². The number of ether oxygens (including phenoxy) is 3. The number of hydrogen-bond donors (Lipinski definition) is 0. The number of carbonyl (C=O) groups excluding carboxylic acids is 1. The van der Waals surface area contributed by atoms with Crippen molar-refractivity contribution in [1.82, 2.24) is 0 Å². The lowest BCUT2D eigenvalue weighted by Crippen LogP contribution is -2.06. The Hall–Kier alpha value is -3.29. The van der Waals surface area contributed by atoms with E-state index < -0.39 is 22.7 Å². The van der Waals surface area contributed by atoms with Crippen LogP contribution in [0.5, 0.6) is 17.2 Å². The molecule has 1 aliphatic rings. The molecule has 1 atom stereocenters. The second kappa shape index (κ2) is 5.73. The van der Waals surface area contributed by atoms with Crippen LogP contribution in [0.3, 0.4) is 0 Å². The summed E-state index contributed by atoms with van der Waals surface area (Å²) in [5.41, 5.74) is 0.307. The number of benzene rings is 2. The third-order valence-electron chi connectivity index (χ3n) is 3.78. The molecule has 0 amide bonds. The number of cyclic esters (lactones) is 1. The molecule has 0 bridgehead atoms. The van der Waals surface area contributed by atoms with Gasteiger partial charge in [0.2, 0.25) is 0 Å². The van der Waals surface area contributed by atoms with E-state index in [4.69, 9.17) is 14.2 Å². The van der Waals surface area contributed by atoms with Crippen molar-refractivity contribution in [2.75, 3.05) is 14.2 Å². The molecule has 0 radical (unpaired) electrons. The van der Waals surface area contributed by atoms with Gasteiger partial charge in [0, 0.05) is 17.7 Å². The molecule has 8 heteroatoms. The number of rotatable bonds is 4. The van der Waals surface area contributed by atoms with Gasteiger partial charge < -0.3 is 19.3 Å². The number of fused-ring (bicyclic) bond motifs is 1. The molecule has 0 N–H and O–H groups in total. The van der Waals surface area contributed by atoms with Crippen molar-refractivity contribution < 1.29 is 29.0 Å². The van der Waals surface area contributed by atoms with Crippen LogP contribution >= 0.6 is 0 Å². The van der Waals surface area contributed by atoms with E-state index in [1.807, 2.05) is 0 Å². The van der Waals surface area contributed by atoms with Crippen LogP contribution in [0.15, 0.2) is 30.3 Å². The summed E-state index contributed by atoms with van der Waals surface area (Å²) in [6, 6.07) is 6.46. The van der Waals surface area contributed by atoms with Gasteiger partial charge >= 0.3 is 5.97 Å². The SMILES string of the molecule is COc1ccc2c(c1OC)C(=O)O[C@H]2c1cc([N+](=O)[O-])ccc1[O-]. The fraction of sp³-hybridized carbons (Fsp3) is 0.188. The molecular formula is C16H12NO7-. The molecule has 2 aromatic rings. The van der Waals surface area contributed by atoms with E-state index in [0.29, 0.717) is 11.3 Å². The van der Waals surface area contributed by atoms with E-state index in [2.05, 4.69) is 0 Å².